The first-order chi connectivity index (χ1) is 9.99. The van der Waals surface area contributed by atoms with Crippen molar-refractivity contribution in [2.75, 3.05) is 19.6 Å². The van der Waals surface area contributed by atoms with Crippen LogP contribution in [0.15, 0.2) is 12.1 Å². The summed E-state index contributed by atoms with van der Waals surface area (Å²) in [6.45, 7) is 9.07. The van der Waals surface area contributed by atoms with E-state index >= 15 is 0 Å². The van der Waals surface area contributed by atoms with Crippen molar-refractivity contribution in [1.29, 1.82) is 0 Å². The highest BCUT2D eigenvalue weighted by atomic mass is 35.5. The summed E-state index contributed by atoms with van der Waals surface area (Å²) in [5.74, 6) is 0. The fraction of sp³-hybridized carbons (Fsp3) is 0.647. The van der Waals surface area contributed by atoms with Crippen LogP contribution in [0.3, 0.4) is 0 Å². The summed E-state index contributed by atoms with van der Waals surface area (Å²) in [7, 11) is 0. The molecule has 1 N–H and O–H groups in total. The van der Waals surface area contributed by atoms with E-state index in [0.717, 1.165) is 37.1 Å². The first-order valence-corrected chi connectivity index (χ1v) is 8.61. The molecule has 0 unspecified atom stereocenters. The zero-order valence-corrected chi connectivity index (χ0v) is 14.8. The van der Waals surface area contributed by atoms with E-state index < -0.39 is 6.10 Å². The molecule has 0 fully saturated rings. The molecule has 0 aliphatic heterocycles. The fourth-order valence-electron chi connectivity index (χ4n) is 2.42. The summed E-state index contributed by atoms with van der Waals surface area (Å²) >= 11 is 12.1. The minimum atomic E-state index is -0.520. The predicted octanol–water partition coefficient (Wildman–Crippen LogP) is 5.24. The molecule has 0 aromatic heterocycles. The van der Waals surface area contributed by atoms with E-state index in [1.54, 1.807) is 6.07 Å². The minimum Gasteiger partial charge on any atom is -0.387 e. The van der Waals surface area contributed by atoms with Gasteiger partial charge in [-0.25, -0.2) is 0 Å². The van der Waals surface area contributed by atoms with Gasteiger partial charge in [0.1, 0.15) is 0 Å². The lowest BCUT2D eigenvalue weighted by Crippen LogP contribution is -2.31. The lowest BCUT2D eigenvalue weighted by molar-refractivity contribution is 0.110. The van der Waals surface area contributed by atoms with Crippen molar-refractivity contribution in [2.45, 2.75) is 52.6 Å². The number of rotatable bonds is 9. The number of aliphatic hydroxyl groups is 1. The zero-order valence-electron chi connectivity index (χ0n) is 13.3. The standard InChI is InChI=1S/C17H27Cl2NO/c1-4-6-8-20(9-7-5-2)12-17(21)14-11-16(19)15(18)10-13(14)3/h10-11,17,21H,4-9,12H2,1-3H3/t17-/m0/s1. The van der Waals surface area contributed by atoms with Crippen molar-refractivity contribution >= 4 is 23.2 Å². The van der Waals surface area contributed by atoms with E-state index in [0.29, 0.717) is 16.6 Å². The number of nitrogens with zero attached hydrogens (tertiary/aromatic N) is 1. The van der Waals surface area contributed by atoms with E-state index in [1.807, 2.05) is 13.0 Å². The summed E-state index contributed by atoms with van der Waals surface area (Å²) < 4.78 is 0. The molecule has 1 aromatic carbocycles. The third-order valence-electron chi connectivity index (χ3n) is 3.75. The second-order valence-electron chi connectivity index (χ2n) is 5.65. The molecule has 4 heteroatoms. The first kappa shape index (κ1) is 18.8. The Morgan fingerprint density at radius 1 is 1.05 bits per heavy atom. The van der Waals surface area contributed by atoms with Crippen molar-refractivity contribution in [1.82, 2.24) is 4.90 Å². The van der Waals surface area contributed by atoms with Crippen LogP contribution >= 0.6 is 23.2 Å². The van der Waals surface area contributed by atoms with Crippen LogP contribution in [0, 0.1) is 6.92 Å². The largest absolute Gasteiger partial charge is 0.387 e. The SMILES string of the molecule is CCCCN(CCCC)C[C@H](O)c1cc(Cl)c(Cl)cc1C. The van der Waals surface area contributed by atoms with Crippen LogP contribution in [-0.2, 0) is 0 Å². The number of aryl methyl sites for hydroxylation is 1. The normalized spacial score (nSPS) is 12.9. The Balaban J connectivity index is 2.75. The maximum absolute atomic E-state index is 10.5. The van der Waals surface area contributed by atoms with Gasteiger partial charge in [-0.2, -0.15) is 0 Å². The number of aliphatic hydroxyl groups excluding tert-OH is 1. The molecule has 1 aromatic rings. The molecule has 0 spiro atoms. The quantitative estimate of drug-likeness (QED) is 0.669. The molecule has 0 aliphatic rings. The van der Waals surface area contributed by atoms with Gasteiger partial charge in [0.2, 0.25) is 0 Å². The van der Waals surface area contributed by atoms with Crippen LogP contribution in [0.4, 0.5) is 0 Å². The molecule has 1 atom stereocenters. The maximum Gasteiger partial charge on any atom is 0.0920 e. The van der Waals surface area contributed by atoms with E-state index in [-0.39, 0.29) is 0 Å². The molecule has 0 heterocycles. The van der Waals surface area contributed by atoms with Crippen LogP contribution in [0.5, 0.6) is 0 Å². The van der Waals surface area contributed by atoms with Gasteiger partial charge in [-0.15, -0.1) is 0 Å². The zero-order chi connectivity index (χ0) is 15.8. The molecule has 2 nitrogen and oxygen atoms in total. The van der Waals surface area contributed by atoms with E-state index in [9.17, 15) is 5.11 Å². The van der Waals surface area contributed by atoms with Gasteiger partial charge in [-0.05, 0) is 56.1 Å². The topological polar surface area (TPSA) is 23.5 Å². The fourth-order valence-corrected chi connectivity index (χ4v) is 2.81. The monoisotopic (exact) mass is 331 g/mol. The van der Waals surface area contributed by atoms with Crippen molar-refractivity contribution in [3.8, 4) is 0 Å². The molecule has 0 bridgehead atoms. The predicted molar refractivity (Wildman–Crippen MR) is 92.4 cm³/mol. The molecule has 21 heavy (non-hydrogen) atoms. The molecule has 1 rings (SSSR count). The van der Waals surface area contributed by atoms with Crippen LogP contribution < -0.4 is 0 Å². The Morgan fingerprint density at radius 3 is 2.10 bits per heavy atom. The summed E-state index contributed by atoms with van der Waals surface area (Å²) in [6, 6.07) is 3.62. The minimum absolute atomic E-state index is 0.505. The van der Waals surface area contributed by atoms with Crippen LogP contribution in [0.1, 0.15) is 56.8 Å². The molecule has 0 aliphatic carbocycles. The Morgan fingerprint density at radius 2 is 1.57 bits per heavy atom. The van der Waals surface area contributed by atoms with Crippen LogP contribution in [0.25, 0.3) is 0 Å². The van der Waals surface area contributed by atoms with Gasteiger partial charge in [-0.3, -0.25) is 0 Å². The van der Waals surface area contributed by atoms with Crippen LogP contribution in [0.2, 0.25) is 10.0 Å². The highest BCUT2D eigenvalue weighted by Crippen LogP contribution is 2.29. The van der Waals surface area contributed by atoms with Gasteiger partial charge in [0, 0.05) is 6.54 Å². The van der Waals surface area contributed by atoms with Gasteiger partial charge in [-0.1, -0.05) is 49.9 Å². The molecule has 0 radical (unpaired) electrons. The lowest BCUT2D eigenvalue weighted by Gasteiger charge is -2.26. The number of hydrogen-bond acceptors (Lipinski definition) is 2. The highest BCUT2D eigenvalue weighted by molar-refractivity contribution is 6.42. The highest BCUT2D eigenvalue weighted by Gasteiger charge is 2.16. The Labute approximate surface area is 139 Å². The smallest absolute Gasteiger partial charge is 0.0920 e. The molecule has 0 amide bonds. The van der Waals surface area contributed by atoms with Gasteiger partial charge in [0.25, 0.3) is 0 Å². The summed E-state index contributed by atoms with van der Waals surface area (Å²) in [6.07, 6.45) is 4.15. The van der Waals surface area contributed by atoms with Crippen molar-refractivity contribution in [3.05, 3.63) is 33.3 Å². The maximum atomic E-state index is 10.5. The third-order valence-corrected chi connectivity index (χ3v) is 4.48. The van der Waals surface area contributed by atoms with Gasteiger partial charge in [0.05, 0.1) is 16.1 Å². The average Bonchev–Trinajstić information content (AvgIpc) is 2.45. The van der Waals surface area contributed by atoms with Gasteiger partial charge in [0.15, 0.2) is 0 Å². The van der Waals surface area contributed by atoms with E-state index in [4.69, 9.17) is 23.2 Å². The number of halogens is 2. The molecular formula is C17H27Cl2NO. The van der Waals surface area contributed by atoms with Crippen LogP contribution in [-0.4, -0.2) is 29.6 Å². The Kier molecular flexibility index (Phi) is 8.65. The van der Waals surface area contributed by atoms with Gasteiger partial charge < -0.3 is 10.0 Å². The average molecular weight is 332 g/mol. The molecule has 0 saturated carbocycles. The molecular weight excluding hydrogens is 305 g/mol. The number of unbranched alkanes of at least 4 members (excludes halogenated alkanes) is 2. The molecule has 0 saturated heterocycles. The van der Waals surface area contributed by atoms with Gasteiger partial charge >= 0.3 is 0 Å². The van der Waals surface area contributed by atoms with E-state index in [1.165, 1.54) is 12.8 Å². The second kappa shape index (κ2) is 9.68. The van der Waals surface area contributed by atoms with Crippen molar-refractivity contribution in [2.24, 2.45) is 0 Å². The Bertz CT molecular complexity index is 429. The summed E-state index contributed by atoms with van der Waals surface area (Å²) in [5.41, 5.74) is 1.87. The Hall–Kier alpha value is -0.280. The van der Waals surface area contributed by atoms with Crippen molar-refractivity contribution in [3.63, 3.8) is 0 Å². The first-order valence-electron chi connectivity index (χ1n) is 7.85. The number of benzene rings is 1. The summed E-state index contributed by atoms with van der Waals surface area (Å²) in [4.78, 5) is 2.35. The molecule has 120 valence electrons. The number of hydrogen-bond donors (Lipinski definition) is 1. The summed E-state index contributed by atoms with van der Waals surface area (Å²) in [5, 5.41) is 11.6. The van der Waals surface area contributed by atoms with Crippen molar-refractivity contribution < 1.29 is 5.11 Å². The third kappa shape index (κ3) is 6.15. The second-order valence-corrected chi connectivity index (χ2v) is 6.46. The van der Waals surface area contributed by atoms with E-state index in [2.05, 4.69) is 18.7 Å². The lowest BCUT2D eigenvalue weighted by atomic mass is 10.0.